The smallest absolute Gasteiger partial charge is 0.241 e. The number of amides is 2. The molecular weight excluding hydrogens is 399 g/mol. The van der Waals surface area contributed by atoms with Crippen molar-refractivity contribution in [1.29, 1.82) is 0 Å². The number of piperazine rings is 1. The number of halogens is 1. The average molecular weight is 429 g/mol. The summed E-state index contributed by atoms with van der Waals surface area (Å²) in [7, 11) is 0. The first kappa shape index (κ1) is 22.7. The predicted octanol–water partition coefficient (Wildman–Crippen LogP) is 2.81. The van der Waals surface area contributed by atoms with Crippen molar-refractivity contribution in [3.63, 3.8) is 0 Å². The van der Waals surface area contributed by atoms with Crippen LogP contribution in [0.5, 0.6) is 5.75 Å². The van der Waals surface area contributed by atoms with Crippen LogP contribution in [0.15, 0.2) is 48.5 Å². The number of carbonyl (C=O) groups is 2. The topological polar surface area (TPSA) is 73.9 Å². The summed E-state index contributed by atoms with van der Waals surface area (Å²) in [6.45, 7) is 7.45. The summed E-state index contributed by atoms with van der Waals surface area (Å²) in [5, 5.41) is 5.72. The second-order valence-corrected chi connectivity index (χ2v) is 7.49. The van der Waals surface area contributed by atoms with Crippen molar-refractivity contribution in [2.75, 3.05) is 50.0 Å². The zero-order valence-corrected chi connectivity index (χ0v) is 17.9. The average Bonchev–Trinajstić information content (AvgIpc) is 2.77. The Kier molecular flexibility index (Phi) is 7.97. The van der Waals surface area contributed by atoms with Crippen molar-refractivity contribution < 1.29 is 18.7 Å². The van der Waals surface area contributed by atoms with Crippen molar-refractivity contribution in [1.82, 2.24) is 9.80 Å². The number of hydrogen-bond donors (Lipinski definition) is 2. The lowest BCUT2D eigenvalue weighted by molar-refractivity contribution is -0.122. The number of rotatable bonds is 8. The molecule has 1 aliphatic heterocycles. The summed E-state index contributed by atoms with van der Waals surface area (Å²) < 4.78 is 18.4. The lowest BCUT2D eigenvalue weighted by Crippen LogP contribution is -2.53. The Bertz CT molecular complexity index is 865. The summed E-state index contributed by atoms with van der Waals surface area (Å²) in [4.78, 5) is 29.0. The third kappa shape index (κ3) is 6.77. The summed E-state index contributed by atoms with van der Waals surface area (Å²) in [6, 6.07) is 12.7. The third-order valence-corrected chi connectivity index (χ3v) is 5.26. The van der Waals surface area contributed by atoms with E-state index in [1.165, 1.54) is 24.3 Å². The van der Waals surface area contributed by atoms with E-state index in [-0.39, 0.29) is 30.2 Å². The zero-order chi connectivity index (χ0) is 22.2. The van der Waals surface area contributed by atoms with E-state index in [0.29, 0.717) is 38.5 Å². The van der Waals surface area contributed by atoms with E-state index in [1.54, 1.807) is 0 Å². The highest BCUT2D eigenvalue weighted by molar-refractivity contribution is 5.94. The minimum absolute atomic E-state index is 0.0633. The Morgan fingerprint density at radius 1 is 0.968 bits per heavy atom. The fourth-order valence-corrected chi connectivity index (χ4v) is 3.46. The molecule has 1 atom stereocenters. The highest BCUT2D eigenvalue weighted by Gasteiger charge is 2.26. The van der Waals surface area contributed by atoms with Gasteiger partial charge in [-0.15, -0.1) is 0 Å². The molecule has 2 aromatic rings. The van der Waals surface area contributed by atoms with Gasteiger partial charge in [-0.1, -0.05) is 0 Å². The molecule has 1 aliphatic rings. The van der Waals surface area contributed by atoms with Gasteiger partial charge in [-0.2, -0.15) is 0 Å². The normalized spacial score (nSPS) is 15.8. The van der Waals surface area contributed by atoms with Crippen molar-refractivity contribution in [2.24, 2.45) is 0 Å². The molecule has 1 saturated heterocycles. The first-order chi connectivity index (χ1) is 14.9. The Morgan fingerprint density at radius 3 is 2.16 bits per heavy atom. The van der Waals surface area contributed by atoms with Crippen LogP contribution in [0.25, 0.3) is 0 Å². The molecule has 1 fully saturated rings. The fourth-order valence-electron chi connectivity index (χ4n) is 3.46. The van der Waals surface area contributed by atoms with Crippen molar-refractivity contribution in [3.05, 3.63) is 54.3 Å². The highest BCUT2D eigenvalue weighted by Crippen LogP contribution is 2.17. The number of carbonyl (C=O) groups excluding carboxylic acids is 2. The number of nitrogens with zero attached hydrogens (tertiary/aromatic N) is 2. The molecule has 0 aromatic heterocycles. The molecule has 0 aliphatic carbocycles. The number of anilines is 2. The fraction of sp³-hybridized carbons (Fsp3) is 0.391. The molecule has 1 heterocycles. The van der Waals surface area contributed by atoms with Gasteiger partial charge < -0.3 is 15.4 Å². The first-order valence-electron chi connectivity index (χ1n) is 10.5. The van der Waals surface area contributed by atoms with Crippen LogP contribution in [0.4, 0.5) is 15.8 Å². The van der Waals surface area contributed by atoms with E-state index in [2.05, 4.69) is 15.5 Å². The predicted molar refractivity (Wildman–Crippen MR) is 119 cm³/mol. The SMILES string of the molecule is CCOc1ccc(NC(=O)C(C)N2CCN(CC(=O)Nc3ccc(F)cc3)CC2)cc1. The molecule has 3 rings (SSSR count). The monoisotopic (exact) mass is 428 g/mol. The summed E-state index contributed by atoms with van der Waals surface area (Å²) in [5.74, 6) is 0.232. The maximum Gasteiger partial charge on any atom is 0.241 e. The number of ether oxygens (including phenoxy) is 1. The minimum Gasteiger partial charge on any atom is -0.494 e. The van der Waals surface area contributed by atoms with Crippen LogP contribution >= 0.6 is 0 Å². The lowest BCUT2D eigenvalue weighted by atomic mass is 10.2. The summed E-state index contributed by atoms with van der Waals surface area (Å²) >= 11 is 0. The van der Waals surface area contributed by atoms with Gasteiger partial charge in [0.15, 0.2) is 0 Å². The molecule has 1 unspecified atom stereocenters. The molecular formula is C23H29FN4O3. The van der Waals surface area contributed by atoms with E-state index in [4.69, 9.17) is 4.74 Å². The summed E-state index contributed by atoms with van der Waals surface area (Å²) in [5.41, 5.74) is 1.31. The van der Waals surface area contributed by atoms with E-state index in [1.807, 2.05) is 43.0 Å². The van der Waals surface area contributed by atoms with Crippen LogP contribution in [0.1, 0.15) is 13.8 Å². The van der Waals surface area contributed by atoms with Crippen LogP contribution in [-0.4, -0.2) is 67.0 Å². The van der Waals surface area contributed by atoms with Crippen molar-refractivity contribution >= 4 is 23.2 Å². The largest absolute Gasteiger partial charge is 0.494 e. The number of nitrogens with one attached hydrogen (secondary N) is 2. The molecule has 8 heteroatoms. The molecule has 0 spiro atoms. The van der Waals surface area contributed by atoms with E-state index in [9.17, 15) is 14.0 Å². The van der Waals surface area contributed by atoms with Crippen molar-refractivity contribution in [2.45, 2.75) is 19.9 Å². The molecule has 7 nitrogen and oxygen atoms in total. The Balaban J connectivity index is 1.42. The maximum atomic E-state index is 13.0. The zero-order valence-electron chi connectivity index (χ0n) is 17.9. The van der Waals surface area contributed by atoms with Crippen LogP contribution in [0.2, 0.25) is 0 Å². The molecule has 2 amide bonds. The third-order valence-electron chi connectivity index (χ3n) is 5.26. The molecule has 0 radical (unpaired) electrons. The van der Waals surface area contributed by atoms with Gasteiger partial charge in [0.1, 0.15) is 11.6 Å². The number of benzene rings is 2. The lowest BCUT2D eigenvalue weighted by Gasteiger charge is -2.37. The molecule has 0 saturated carbocycles. The molecule has 0 bridgehead atoms. The van der Waals surface area contributed by atoms with Crippen LogP contribution in [0.3, 0.4) is 0 Å². The van der Waals surface area contributed by atoms with Gasteiger partial charge in [0.2, 0.25) is 11.8 Å². The van der Waals surface area contributed by atoms with Gasteiger partial charge >= 0.3 is 0 Å². The standard InChI is InChI=1S/C23H29FN4O3/c1-3-31-21-10-8-20(9-11-21)26-23(30)17(2)28-14-12-27(13-15-28)16-22(29)25-19-6-4-18(24)5-7-19/h4-11,17H,3,12-16H2,1-2H3,(H,25,29)(H,26,30). The second kappa shape index (κ2) is 10.9. The quantitative estimate of drug-likeness (QED) is 0.677. The molecule has 2 N–H and O–H groups in total. The second-order valence-electron chi connectivity index (χ2n) is 7.49. The van der Waals surface area contributed by atoms with E-state index >= 15 is 0 Å². The van der Waals surface area contributed by atoms with E-state index < -0.39 is 0 Å². The maximum absolute atomic E-state index is 13.0. The minimum atomic E-state index is -0.338. The Morgan fingerprint density at radius 2 is 1.55 bits per heavy atom. The Hall–Kier alpha value is -2.97. The highest BCUT2D eigenvalue weighted by atomic mass is 19.1. The van der Waals surface area contributed by atoms with Crippen LogP contribution in [-0.2, 0) is 9.59 Å². The van der Waals surface area contributed by atoms with Gasteiger partial charge in [0, 0.05) is 37.6 Å². The van der Waals surface area contributed by atoms with E-state index in [0.717, 1.165) is 11.4 Å². The van der Waals surface area contributed by atoms with Crippen molar-refractivity contribution in [3.8, 4) is 5.75 Å². The summed E-state index contributed by atoms with van der Waals surface area (Å²) in [6.07, 6.45) is 0. The van der Waals surface area contributed by atoms with Gasteiger partial charge in [0.05, 0.1) is 19.2 Å². The molecule has 166 valence electrons. The first-order valence-corrected chi connectivity index (χ1v) is 10.5. The van der Waals surface area contributed by atoms with Gasteiger partial charge in [-0.3, -0.25) is 19.4 Å². The van der Waals surface area contributed by atoms with Gasteiger partial charge in [-0.25, -0.2) is 4.39 Å². The Labute approximate surface area is 182 Å². The number of hydrogen-bond acceptors (Lipinski definition) is 5. The molecule has 2 aromatic carbocycles. The van der Waals surface area contributed by atoms with Crippen LogP contribution in [0, 0.1) is 5.82 Å². The van der Waals surface area contributed by atoms with Gasteiger partial charge in [0.25, 0.3) is 0 Å². The van der Waals surface area contributed by atoms with Crippen LogP contribution < -0.4 is 15.4 Å². The molecule has 31 heavy (non-hydrogen) atoms. The van der Waals surface area contributed by atoms with Gasteiger partial charge in [-0.05, 0) is 62.4 Å².